The molecule has 0 aliphatic heterocycles. The maximum Gasteiger partial charge on any atom is 0.0849 e. The van der Waals surface area contributed by atoms with Crippen LogP contribution in [0.5, 0.6) is 0 Å². The van der Waals surface area contributed by atoms with E-state index in [1.807, 2.05) is 23.9 Å². The van der Waals surface area contributed by atoms with Gasteiger partial charge in [-0.3, -0.25) is 4.68 Å². The average molecular weight is 390 g/mol. The maximum absolute atomic E-state index is 6.44. The topological polar surface area (TPSA) is 17.8 Å². The van der Waals surface area contributed by atoms with Crippen molar-refractivity contribution in [1.82, 2.24) is 9.78 Å². The van der Waals surface area contributed by atoms with Crippen LogP contribution in [0, 0.1) is 5.92 Å². The predicted octanol–water partition coefficient (Wildman–Crippen LogP) is 5.09. The fourth-order valence-electron chi connectivity index (χ4n) is 2.45. The van der Waals surface area contributed by atoms with Crippen molar-refractivity contribution < 1.29 is 0 Å². The van der Waals surface area contributed by atoms with Crippen LogP contribution in [0.3, 0.4) is 0 Å². The van der Waals surface area contributed by atoms with E-state index in [1.165, 1.54) is 5.56 Å². The summed E-state index contributed by atoms with van der Waals surface area (Å²) in [5.74, 6) is 0.476. The Kier molecular flexibility index (Phi) is 6.15. The van der Waals surface area contributed by atoms with Crippen LogP contribution < -0.4 is 0 Å². The molecule has 0 amide bonds. The van der Waals surface area contributed by atoms with Gasteiger partial charge in [0.25, 0.3) is 0 Å². The normalized spacial score (nSPS) is 12.6. The van der Waals surface area contributed by atoms with Crippen LogP contribution >= 0.6 is 39.1 Å². The van der Waals surface area contributed by atoms with Crippen molar-refractivity contribution in [3.8, 4) is 0 Å². The zero-order valence-electron chi connectivity index (χ0n) is 12.2. The molecular weight excluding hydrogens is 371 g/mol. The Morgan fingerprint density at radius 2 is 1.86 bits per heavy atom. The number of halogens is 3. The summed E-state index contributed by atoms with van der Waals surface area (Å²) < 4.78 is 1.92. The molecular formula is C16H19BrCl2N2. The second kappa shape index (κ2) is 7.66. The lowest BCUT2D eigenvalue weighted by Crippen LogP contribution is -2.13. The minimum absolute atomic E-state index is 0.476. The molecule has 1 unspecified atom stereocenters. The third-order valence-corrected chi connectivity index (χ3v) is 5.24. The van der Waals surface area contributed by atoms with Gasteiger partial charge in [0, 0.05) is 17.4 Å². The maximum atomic E-state index is 6.44. The second-order valence-electron chi connectivity index (χ2n) is 5.24. The van der Waals surface area contributed by atoms with Crippen molar-refractivity contribution in [3.05, 3.63) is 51.3 Å². The van der Waals surface area contributed by atoms with Gasteiger partial charge < -0.3 is 0 Å². The van der Waals surface area contributed by atoms with Gasteiger partial charge in [-0.2, -0.15) is 5.10 Å². The summed E-state index contributed by atoms with van der Waals surface area (Å²) in [5, 5.41) is 7.01. The number of aromatic nitrogens is 2. The Labute approximate surface area is 144 Å². The van der Waals surface area contributed by atoms with Crippen molar-refractivity contribution in [2.45, 2.75) is 26.2 Å². The molecule has 1 atom stereocenters. The van der Waals surface area contributed by atoms with E-state index in [9.17, 15) is 0 Å². The van der Waals surface area contributed by atoms with E-state index in [0.717, 1.165) is 46.0 Å². The highest BCUT2D eigenvalue weighted by atomic mass is 79.9. The molecule has 114 valence electrons. The third kappa shape index (κ3) is 4.24. The molecule has 1 aromatic heterocycles. The van der Waals surface area contributed by atoms with Gasteiger partial charge in [-0.1, -0.05) is 58.2 Å². The lowest BCUT2D eigenvalue weighted by atomic mass is 9.96. The molecule has 2 nitrogen and oxygen atoms in total. The highest BCUT2D eigenvalue weighted by molar-refractivity contribution is 9.09. The summed E-state index contributed by atoms with van der Waals surface area (Å²) in [7, 11) is 1.97. The molecule has 21 heavy (non-hydrogen) atoms. The molecule has 0 saturated carbocycles. The molecule has 0 saturated heterocycles. The smallest absolute Gasteiger partial charge is 0.0849 e. The first kappa shape index (κ1) is 16.9. The Morgan fingerprint density at radius 1 is 1.19 bits per heavy atom. The van der Waals surface area contributed by atoms with Crippen molar-refractivity contribution in [1.29, 1.82) is 0 Å². The summed E-state index contributed by atoms with van der Waals surface area (Å²) in [6, 6.07) is 8.05. The lowest BCUT2D eigenvalue weighted by Gasteiger charge is -2.15. The van der Waals surface area contributed by atoms with Crippen LogP contribution in [0.25, 0.3) is 0 Å². The largest absolute Gasteiger partial charge is 0.271 e. The quantitative estimate of drug-likeness (QED) is 0.629. The van der Waals surface area contributed by atoms with Crippen LogP contribution in [0.4, 0.5) is 0 Å². The minimum Gasteiger partial charge on any atom is -0.271 e. The Hall–Kier alpha value is -0.510. The van der Waals surface area contributed by atoms with Gasteiger partial charge >= 0.3 is 0 Å². The first-order valence-corrected chi connectivity index (χ1v) is 8.93. The zero-order valence-corrected chi connectivity index (χ0v) is 15.3. The fourth-order valence-corrected chi connectivity index (χ4v) is 3.40. The molecule has 0 N–H and O–H groups in total. The summed E-state index contributed by atoms with van der Waals surface area (Å²) in [5.41, 5.74) is 3.39. The summed E-state index contributed by atoms with van der Waals surface area (Å²) in [4.78, 5) is 0. The van der Waals surface area contributed by atoms with Crippen LogP contribution in [0.15, 0.2) is 24.3 Å². The molecule has 2 aromatic rings. The van der Waals surface area contributed by atoms with Gasteiger partial charge in [-0.05, 0) is 42.9 Å². The first-order valence-electron chi connectivity index (χ1n) is 7.05. The third-order valence-electron chi connectivity index (χ3n) is 3.64. The van der Waals surface area contributed by atoms with Gasteiger partial charge in [0.1, 0.15) is 0 Å². The monoisotopic (exact) mass is 388 g/mol. The van der Waals surface area contributed by atoms with E-state index >= 15 is 0 Å². The molecule has 0 fully saturated rings. The van der Waals surface area contributed by atoms with E-state index in [2.05, 4.69) is 40.1 Å². The number of rotatable bonds is 6. The number of hydrogen-bond acceptors (Lipinski definition) is 1. The van der Waals surface area contributed by atoms with Crippen molar-refractivity contribution in [2.24, 2.45) is 13.0 Å². The number of aryl methyl sites for hydroxylation is 2. The van der Waals surface area contributed by atoms with Crippen molar-refractivity contribution in [2.75, 3.05) is 5.33 Å². The molecule has 2 rings (SSSR count). The molecule has 0 radical (unpaired) electrons. The Bertz CT molecular complexity index is 593. The van der Waals surface area contributed by atoms with Crippen molar-refractivity contribution in [3.63, 3.8) is 0 Å². The van der Waals surface area contributed by atoms with Crippen molar-refractivity contribution >= 4 is 39.1 Å². The number of benzene rings is 1. The average Bonchev–Trinajstić information content (AvgIpc) is 2.75. The van der Waals surface area contributed by atoms with E-state index in [0.29, 0.717) is 5.92 Å². The van der Waals surface area contributed by atoms with Gasteiger partial charge in [-0.15, -0.1) is 0 Å². The summed E-state index contributed by atoms with van der Waals surface area (Å²) in [6.07, 6.45) is 2.77. The van der Waals surface area contributed by atoms with E-state index in [-0.39, 0.29) is 0 Å². The van der Waals surface area contributed by atoms with E-state index in [4.69, 9.17) is 23.2 Å². The molecule has 5 heteroatoms. The highest BCUT2D eigenvalue weighted by Crippen LogP contribution is 2.26. The predicted molar refractivity (Wildman–Crippen MR) is 93.7 cm³/mol. The molecule has 1 heterocycles. The fraction of sp³-hybridized carbons (Fsp3) is 0.438. The Morgan fingerprint density at radius 3 is 2.38 bits per heavy atom. The number of hydrogen-bond donors (Lipinski definition) is 0. The molecule has 0 aliphatic rings. The molecule has 0 bridgehead atoms. The summed E-state index contributed by atoms with van der Waals surface area (Å²) >= 11 is 16.0. The van der Waals surface area contributed by atoms with Gasteiger partial charge in [0.15, 0.2) is 0 Å². The van der Waals surface area contributed by atoms with E-state index in [1.54, 1.807) is 0 Å². The standard InChI is InChI=1S/C16H19BrCl2N2/c1-3-14-16(19)15(21(2)20-14)9-12(10-17)8-11-4-6-13(18)7-5-11/h4-7,12H,3,8-10H2,1-2H3. The summed E-state index contributed by atoms with van der Waals surface area (Å²) in [6.45, 7) is 2.08. The SMILES string of the molecule is CCc1nn(C)c(CC(CBr)Cc2ccc(Cl)cc2)c1Cl. The number of alkyl halides is 1. The van der Waals surface area contributed by atoms with E-state index < -0.39 is 0 Å². The first-order chi connectivity index (χ1) is 10.0. The molecule has 0 spiro atoms. The van der Waals surface area contributed by atoms with Gasteiger partial charge in [-0.25, -0.2) is 0 Å². The Balaban J connectivity index is 2.12. The zero-order chi connectivity index (χ0) is 15.4. The molecule has 1 aromatic carbocycles. The van der Waals surface area contributed by atoms with Crippen LogP contribution in [0.2, 0.25) is 10.0 Å². The van der Waals surface area contributed by atoms with Gasteiger partial charge in [0.05, 0.1) is 16.4 Å². The second-order valence-corrected chi connectivity index (χ2v) is 6.70. The lowest BCUT2D eigenvalue weighted by molar-refractivity contribution is 0.556. The van der Waals surface area contributed by atoms with Gasteiger partial charge in [0.2, 0.25) is 0 Å². The minimum atomic E-state index is 0.476. The van der Waals surface area contributed by atoms with Crippen LogP contribution in [-0.4, -0.2) is 15.1 Å². The highest BCUT2D eigenvalue weighted by Gasteiger charge is 2.18. The number of nitrogens with zero attached hydrogens (tertiary/aromatic N) is 2. The molecule has 0 aliphatic carbocycles. The van der Waals surface area contributed by atoms with Crippen LogP contribution in [0.1, 0.15) is 23.9 Å². The van der Waals surface area contributed by atoms with Crippen LogP contribution in [-0.2, 0) is 26.3 Å².